The van der Waals surface area contributed by atoms with E-state index in [9.17, 15) is 0 Å². The van der Waals surface area contributed by atoms with Crippen molar-refractivity contribution in [3.63, 3.8) is 0 Å². The lowest BCUT2D eigenvalue weighted by molar-refractivity contribution is 0.215. The Balaban J connectivity index is 2.19. The number of benzene rings is 1. The summed E-state index contributed by atoms with van der Waals surface area (Å²) < 4.78 is 0. The van der Waals surface area contributed by atoms with Gasteiger partial charge in [-0.3, -0.25) is 0 Å². The van der Waals surface area contributed by atoms with E-state index < -0.39 is 0 Å². The topological polar surface area (TPSA) is 12.0 Å². The summed E-state index contributed by atoms with van der Waals surface area (Å²) in [5, 5.41) is 4.42. The molecule has 1 aromatic rings. The van der Waals surface area contributed by atoms with Crippen LogP contribution in [0, 0.1) is 18.8 Å². The first-order valence-electron chi connectivity index (χ1n) is 7.59. The van der Waals surface area contributed by atoms with E-state index in [-0.39, 0.29) is 0 Å². The molecule has 1 saturated carbocycles. The van der Waals surface area contributed by atoms with E-state index in [2.05, 4.69) is 44.4 Å². The van der Waals surface area contributed by atoms with Crippen molar-refractivity contribution in [3.8, 4) is 0 Å². The van der Waals surface area contributed by atoms with E-state index in [1.807, 2.05) is 0 Å². The maximum Gasteiger partial charge on any atom is 0.0456 e. The first-order valence-corrected chi connectivity index (χ1v) is 7.96. The van der Waals surface area contributed by atoms with Crippen LogP contribution in [0.1, 0.15) is 56.2 Å². The van der Waals surface area contributed by atoms with Gasteiger partial charge >= 0.3 is 0 Å². The zero-order valence-electron chi connectivity index (χ0n) is 12.4. The Morgan fingerprint density at radius 2 is 2.16 bits per heavy atom. The molecule has 1 aromatic carbocycles. The molecule has 3 atom stereocenters. The lowest BCUT2D eigenvalue weighted by Crippen LogP contribution is -2.29. The fourth-order valence-corrected chi connectivity index (χ4v) is 3.89. The van der Waals surface area contributed by atoms with Gasteiger partial charge in [-0.15, -0.1) is 0 Å². The summed E-state index contributed by atoms with van der Waals surface area (Å²) in [7, 11) is 2.07. The second-order valence-corrected chi connectivity index (χ2v) is 6.40. The van der Waals surface area contributed by atoms with Gasteiger partial charge in [0.15, 0.2) is 0 Å². The van der Waals surface area contributed by atoms with Crippen LogP contribution in [0.4, 0.5) is 0 Å². The molecule has 1 N–H and O–H groups in total. The predicted octanol–water partition coefficient (Wildman–Crippen LogP) is 5.13. The molecule has 0 saturated heterocycles. The molecule has 0 radical (unpaired) electrons. The Morgan fingerprint density at radius 1 is 1.37 bits per heavy atom. The van der Waals surface area contributed by atoms with Crippen LogP contribution >= 0.6 is 11.6 Å². The number of rotatable bonds is 4. The monoisotopic (exact) mass is 279 g/mol. The van der Waals surface area contributed by atoms with Gasteiger partial charge in [0.2, 0.25) is 0 Å². The van der Waals surface area contributed by atoms with Crippen LogP contribution in [0.5, 0.6) is 0 Å². The van der Waals surface area contributed by atoms with Gasteiger partial charge in [0.1, 0.15) is 0 Å². The predicted molar refractivity (Wildman–Crippen MR) is 83.7 cm³/mol. The molecule has 1 aliphatic rings. The highest BCUT2D eigenvalue weighted by Gasteiger charge is 2.28. The van der Waals surface area contributed by atoms with Crippen molar-refractivity contribution in [2.45, 2.75) is 52.0 Å². The van der Waals surface area contributed by atoms with Gasteiger partial charge in [-0.05, 0) is 55.8 Å². The van der Waals surface area contributed by atoms with Crippen LogP contribution in [0.25, 0.3) is 0 Å². The Bertz CT molecular complexity index is 416. The molecular formula is C17H26ClN. The zero-order valence-corrected chi connectivity index (χ0v) is 13.1. The van der Waals surface area contributed by atoms with Crippen LogP contribution < -0.4 is 5.32 Å². The third kappa shape index (κ3) is 3.52. The van der Waals surface area contributed by atoms with Gasteiger partial charge in [0.25, 0.3) is 0 Å². The van der Waals surface area contributed by atoms with Crippen molar-refractivity contribution in [2.24, 2.45) is 11.8 Å². The minimum Gasteiger partial charge on any atom is -0.313 e. The molecule has 0 bridgehead atoms. The molecule has 1 aliphatic carbocycles. The molecule has 1 nitrogen and oxygen atoms in total. The molecular weight excluding hydrogens is 254 g/mol. The fourth-order valence-electron chi connectivity index (χ4n) is 3.54. The molecule has 0 spiro atoms. The van der Waals surface area contributed by atoms with E-state index in [1.165, 1.54) is 43.2 Å². The van der Waals surface area contributed by atoms with E-state index in [0.717, 1.165) is 16.9 Å². The zero-order chi connectivity index (χ0) is 13.8. The van der Waals surface area contributed by atoms with Gasteiger partial charge < -0.3 is 5.32 Å². The average Bonchev–Trinajstić information content (AvgIpc) is 2.42. The summed E-state index contributed by atoms with van der Waals surface area (Å²) in [6.07, 6.45) is 6.75. The summed E-state index contributed by atoms with van der Waals surface area (Å²) >= 11 is 6.45. The van der Waals surface area contributed by atoms with Crippen LogP contribution in [-0.2, 0) is 0 Å². The van der Waals surface area contributed by atoms with Crippen molar-refractivity contribution in [3.05, 3.63) is 34.3 Å². The fraction of sp³-hybridized carbons (Fsp3) is 0.647. The third-order valence-corrected chi connectivity index (χ3v) is 5.00. The summed E-state index contributed by atoms with van der Waals surface area (Å²) in [6.45, 7) is 4.41. The normalized spacial score (nSPS) is 25.3. The van der Waals surface area contributed by atoms with Crippen LogP contribution in [0.2, 0.25) is 5.02 Å². The van der Waals surface area contributed by atoms with E-state index in [0.29, 0.717) is 6.04 Å². The first-order chi connectivity index (χ1) is 9.15. The molecule has 19 heavy (non-hydrogen) atoms. The maximum absolute atomic E-state index is 6.45. The molecule has 3 unspecified atom stereocenters. The smallest absolute Gasteiger partial charge is 0.0456 e. The second kappa shape index (κ2) is 6.76. The standard InChI is InChI=1S/C17H26ClN/c1-4-13-6-5-7-14(11-13)17(19-3)15-9-8-12(2)10-16(15)18/h8-10,13-14,17,19H,4-7,11H2,1-3H3. The van der Waals surface area contributed by atoms with E-state index in [4.69, 9.17) is 11.6 Å². The van der Waals surface area contributed by atoms with E-state index in [1.54, 1.807) is 0 Å². The molecule has 2 heteroatoms. The number of hydrogen-bond donors (Lipinski definition) is 1. The largest absolute Gasteiger partial charge is 0.313 e. The van der Waals surface area contributed by atoms with Crippen molar-refractivity contribution in [2.75, 3.05) is 7.05 Å². The third-order valence-electron chi connectivity index (χ3n) is 4.67. The SMILES string of the molecule is CCC1CCCC(C(NC)c2ccc(C)cc2Cl)C1. The van der Waals surface area contributed by atoms with E-state index >= 15 is 0 Å². The van der Waals surface area contributed by atoms with Crippen molar-refractivity contribution < 1.29 is 0 Å². The highest BCUT2D eigenvalue weighted by molar-refractivity contribution is 6.31. The highest BCUT2D eigenvalue weighted by Crippen LogP contribution is 2.40. The second-order valence-electron chi connectivity index (χ2n) is 5.99. The maximum atomic E-state index is 6.45. The van der Waals surface area contributed by atoms with Crippen LogP contribution in [0.3, 0.4) is 0 Å². The van der Waals surface area contributed by atoms with Crippen LogP contribution in [0.15, 0.2) is 18.2 Å². The molecule has 2 rings (SSSR count). The van der Waals surface area contributed by atoms with Gasteiger partial charge in [-0.25, -0.2) is 0 Å². The Labute approximate surface area is 122 Å². The molecule has 0 aromatic heterocycles. The molecule has 1 fully saturated rings. The molecule has 0 heterocycles. The number of hydrogen-bond acceptors (Lipinski definition) is 1. The Hall–Kier alpha value is -0.530. The lowest BCUT2D eigenvalue weighted by Gasteiger charge is -2.35. The number of aryl methyl sites for hydroxylation is 1. The van der Waals surface area contributed by atoms with Crippen molar-refractivity contribution >= 4 is 11.6 Å². The Kier molecular flexibility index (Phi) is 5.29. The quantitative estimate of drug-likeness (QED) is 0.806. The minimum absolute atomic E-state index is 0.405. The van der Waals surface area contributed by atoms with Crippen LogP contribution in [-0.4, -0.2) is 7.05 Å². The summed E-state index contributed by atoms with van der Waals surface area (Å²) in [6, 6.07) is 6.86. The lowest BCUT2D eigenvalue weighted by atomic mass is 9.75. The highest BCUT2D eigenvalue weighted by atomic mass is 35.5. The van der Waals surface area contributed by atoms with Crippen molar-refractivity contribution in [1.29, 1.82) is 0 Å². The molecule has 0 aliphatic heterocycles. The summed E-state index contributed by atoms with van der Waals surface area (Å²) in [4.78, 5) is 0. The van der Waals surface area contributed by atoms with Gasteiger partial charge in [-0.1, -0.05) is 49.9 Å². The van der Waals surface area contributed by atoms with Crippen molar-refractivity contribution in [1.82, 2.24) is 5.32 Å². The summed E-state index contributed by atoms with van der Waals surface area (Å²) in [5.41, 5.74) is 2.51. The first kappa shape index (κ1) is 14.9. The summed E-state index contributed by atoms with van der Waals surface area (Å²) in [5.74, 6) is 1.63. The van der Waals surface area contributed by atoms with Gasteiger partial charge in [0, 0.05) is 11.1 Å². The van der Waals surface area contributed by atoms with Gasteiger partial charge in [0.05, 0.1) is 0 Å². The molecule has 106 valence electrons. The minimum atomic E-state index is 0.405. The molecule has 0 amide bonds. The average molecular weight is 280 g/mol. The number of nitrogens with one attached hydrogen (secondary N) is 1. The van der Waals surface area contributed by atoms with Gasteiger partial charge in [-0.2, -0.15) is 0 Å². The number of halogens is 1. The Morgan fingerprint density at radius 3 is 2.79 bits per heavy atom.